The fourth-order valence-corrected chi connectivity index (χ4v) is 1.33. The molecule has 5 atom stereocenters. The van der Waals surface area contributed by atoms with Crippen molar-refractivity contribution in [2.45, 2.75) is 30.7 Å². The molecule has 0 aliphatic carbocycles. The summed E-state index contributed by atoms with van der Waals surface area (Å²) in [6.07, 6.45) is -7.98. The Morgan fingerprint density at radius 1 is 1.31 bits per heavy atom. The van der Waals surface area contributed by atoms with Crippen molar-refractivity contribution in [3.05, 3.63) is 0 Å². The van der Waals surface area contributed by atoms with Crippen LogP contribution in [0.3, 0.4) is 0 Å². The third kappa shape index (κ3) is 2.60. The number of carbonyl (C=O) groups is 1. The van der Waals surface area contributed by atoms with Gasteiger partial charge in [-0.3, -0.25) is 0 Å². The van der Waals surface area contributed by atoms with Crippen LogP contribution in [0.5, 0.6) is 0 Å². The van der Waals surface area contributed by atoms with Crippen LogP contribution in [0.1, 0.15) is 0 Å². The van der Waals surface area contributed by atoms with E-state index in [9.17, 15) is 20.1 Å². The minimum absolute atomic E-state index is 0.571. The van der Waals surface area contributed by atoms with Gasteiger partial charge in [-0.05, 0) is 0 Å². The van der Waals surface area contributed by atoms with Gasteiger partial charge in [-0.15, -0.1) is 0 Å². The average Bonchev–Trinajstić information content (AvgIpc) is 2.29. The Labute approximate surface area is 91.4 Å². The van der Waals surface area contributed by atoms with Gasteiger partial charge in [0.15, 0.2) is 0 Å². The molecule has 94 valence electrons. The third-order valence-electron chi connectivity index (χ3n) is 2.28. The van der Waals surface area contributed by atoms with Gasteiger partial charge in [0, 0.05) is 7.05 Å². The van der Waals surface area contributed by atoms with Crippen molar-refractivity contribution in [3.63, 3.8) is 0 Å². The maximum absolute atomic E-state index is 10.9. The van der Waals surface area contributed by atoms with Crippen LogP contribution in [-0.2, 0) is 9.47 Å². The van der Waals surface area contributed by atoms with E-state index in [1.165, 1.54) is 7.05 Å². The molecule has 1 saturated heterocycles. The van der Waals surface area contributed by atoms with Gasteiger partial charge in [0.2, 0.25) is 6.29 Å². The summed E-state index contributed by atoms with van der Waals surface area (Å²) >= 11 is 0. The quantitative estimate of drug-likeness (QED) is 0.349. The fourth-order valence-electron chi connectivity index (χ4n) is 1.33. The largest absolute Gasteiger partial charge is 0.417 e. The van der Waals surface area contributed by atoms with Crippen molar-refractivity contribution in [3.8, 4) is 0 Å². The van der Waals surface area contributed by atoms with Gasteiger partial charge in [-0.2, -0.15) is 0 Å². The first-order valence-corrected chi connectivity index (χ1v) is 4.70. The van der Waals surface area contributed by atoms with Crippen LogP contribution in [-0.4, -0.2) is 70.9 Å². The van der Waals surface area contributed by atoms with E-state index in [1.54, 1.807) is 0 Å². The lowest BCUT2D eigenvalue weighted by molar-refractivity contribution is -0.284. The average molecular weight is 237 g/mol. The third-order valence-corrected chi connectivity index (χ3v) is 2.28. The van der Waals surface area contributed by atoms with Gasteiger partial charge in [-0.1, -0.05) is 0 Å². The van der Waals surface area contributed by atoms with E-state index in [4.69, 9.17) is 9.84 Å². The number of aliphatic hydroxyl groups is 4. The lowest BCUT2D eigenvalue weighted by Gasteiger charge is -2.38. The van der Waals surface area contributed by atoms with Crippen molar-refractivity contribution in [2.75, 3.05) is 13.7 Å². The zero-order valence-electron chi connectivity index (χ0n) is 8.61. The molecule has 1 aliphatic rings. The molecule has 8 heteroatoms. The molecule has 0 bridgehead atoms. The molecule has 0 spiro atoms. The van der Waals surface area contributed by atoms with Crippen molar-refractivity contribution >= 4 is 6.09 Å². The highest BCUT2D eigenvalue weighted by Gasteiger charge is 2.45. The highest BCUT2D eigenvalue weighted by Crippen LogP contribution is 2.21. The van der Waals surface area contributed by atoms with Gasteiger partial charge in [-0.25, -0.2) is 4.79 Å². The standard InChI is InChI=1S/C8H15NO7/c1-9-8(14)16-7-6(13)5(12)4(11)3(2-10)15-7/h3-7,10-13H,2H2,1H3,(H,9,14). The van der Waals surface area contributed by atoms with Gasteiger partial charge in [0.1, 0.15) is 24.4 Å². The molecule has 1 amide bonds. The van der Waals surface area contributed by atoms with Crippen molar-refractivity contribution < 1.29 is 34.7 Å². The van der Waals surface area contributed by atoms with E-state index >= 15 is 0 Å². The molecule has 5 unspecified atom stereocenters. The van der Waals surface area contributed by atoms with Gasteiger partial charge in [0.25, 0.3) is 0 Å². The second-order valence-electron chi connectivity index (χ2n) is 3.35. The summed E-state index contributed by atoms with van der Waals surface area (Å²) in [7, 11) is 1.31. The second kappa shape index (κ2) is 5.41. The molecule has 8 nitrogen and oxygen atoms in total. The summed E-state index contributed by atoms with van der Waals surface area (Å²) in [4.78, 5) is 10.9. The zero-order valence-corrected chi connectivity index (χ0v) is 8.61. The number of rotatable bonds is 2. The van der Waals surface area contributed by atoms with Crippen molar-refractivity contribution in [1.29, 1.82) is 0 Å². The number of alkyl carbamates (subject to hydrolysis) is 1. The molecule has 0 aromatic rings. The lowest BCUT2D eigenvalue weighted by atomic mass is 9.99. The Bertz CT molecular complexity index is 247. The Morgan fingerprint density at radius 2 is 1.94 bits per heavy atom. The summed E-state index contributed by atoms with van der Waals surface area (Å²) in [5.41, 5.74) is 0. The number of amides is 1. The summed E-state index contributed by atoms with van der Waals surface area (Å²) in [6.45, 7) is -0.571. The van der Waals surface area contributed by atoms with E-state index in [1.807, 2.05) is 0 Å². The minimum atomic E-state index is -1.57. The summed E-state index contributed by atoms with van der Waals surface area (Å²) in [6, 6.07) is 0. The molecule has 5 N–H and O–H groups in total. The molecule has 0 aromatic carbocycles. The summed E-state index contributed by atoms with van der Waals surface area (Å²) in [5.74, 6) is 0. The van der Waals surface area contributed by atoms with Crippen LogP contribution >= 0.6 is 0 Å². The normalized spacial score (nSPS) is 39.2. The van der Waals surface area contributed by atoms with Crippen molar-refractivity contribution in [1.82, 2.24) is 5.32 Å². The van der Waals surface area contributed by atoms with Crippen LogP contribution in [0.25, 0.3) is 0 Å². The van der Waals surface area contributed by atoms with Gasteiger partial charge >= 0.3 is 6.09 Å². The molecule has 0 aromatic heterocycles. The van der Waals surface area contributed by atoms with Crippen LogP contribution in [0.15, 0.2) is 0 Å². The summed E-state index contributed by atoms with van der Waals surface area (Å²) < 4.78 is 9.51. The highest BCUT2D eigenvalue weighted by molar-refractivity contribution is 5.66. The Morgan fingerprint density at radius 3 is 2.44 bits per heavy atom. The van der Waals surface area contributed by atoms with Crippen LogP contribution in [0, 0.1) is 0 Å². The predicted molar refractivity (Wildman–Crippen MR) is 49.3 cm³/mol. The minimum Gasteiger partial charge on any atom is -0.417 e. The second-order valence-corrected chi connectivity index (χ2v) is 3.35. The molecule has 1 aliphatic heterocycles. The topological polar surface area (TPSA) is 128 Å². The maximum Gasteiger partial charge on any atom is 0.409 e. The Kier molecular flexibility index (Phi) is 4.44. The predicted octanol–water partition coefficient (Wildman–Crippen LogP) is -2.86. The lowest BCUT2D eigenvalue weighted by Crippen LogP contribution is -2.59. The number of aliphatic hydroxyl groups excluding tert-OH is 4. The van der Waals surface area contributed by atoms with Crippen LogP contribution in [0.2, 0.25) is 0 Å². The number of nitrogens with one attached hydrogen (secondary N) is 1. The molecular formula is C8H15NO7. The number of hydrogen-bond donors (Lipinski definition) is 5. The smallest absolute Gasteiger partial charge is 0.409 e. The van der Waals surface area contributed by atoms with E-state index in [-0.39, 0.29) is 0 Å². The monoisotopic (exact) mass is 237 g/mol. The first-order valence-electron chi connectivity index (χ1n) is 4.70. The highest BCUT2D eigenvalue weighted by atomic mass is 16.7. The summed E-state index contributed by atoms with van der Waals surface area (Å²) in [5, 5.41) is 39.2. The van der Waals surface area contributed by atoms with Crippen LogP contribution in [0.4, 0.5) is 4.79 Å². The number of ether oxygens (including phenoxy) is 2. The zero-order chi connectivity index (χ0) is 12.3. The van der Waals surface area contributed by atoms with Crippen LogP contribution < -0.4 is 5.32 Å². The van der Waals surface area contributed by atoms with Gasteiger partial charge < -0.3 is 35.2 Å². The molecule has 1 fully saturated rings. The molecule has 1 heterocycles. The fraction of sp³-hybridized carbons (Fsp3) is 0.875. The van der Waals surface area contributed by atoms with Crippen molar-refractivity contribution in [2.24, 2.45) is 0 Å². The first kappa shape index (κ1) is 13.1. The molecular weight excluding hydrogens is 222 g/mol. The SMILES string of the molecule is CNC(=O)OC1OC(CO)C(O)C(O)C1O. The molecule has 0 radical (unpaired) electrons. The van der Waals surface area contributed by atoms with E-state index in [0.29, 0.717) is 0 Å². The number of carbonyl (C=O) groups excluding carboxylic acids is 1. The van der Waals surface area contributed by atoms with E-state index in [2.05, 4.69) is 10.1 Å². The van der Waals surface area contributed by atoms with E-state index < -0.39 is 43.4 Å². The Balaban J connectivity index is 2.67. The first-order chi connectivity index (χ1) is 7.51. The molecule has 0 saturated carbocycles. The van der Waals surface area contributed by atoms with E-state index in [0.717, 1.165) is 0 Å². The Hall–Kier alpha value is -0.930. The molecule has 16 heavy (non-hydrogen) atoms. The number of hydrogen-bond acceptors (Lipinski definition) is 7. The maximum atomic E-state index is 10.9. The molecule has 1 rings (SSSR count). The van der Waals surface area contributed by atoms with Gasteiger partial charge in [0.05, 0.1) is 6.61 Å².